The molecule has 1 aromatic carbocycles. The van der Waals surface area contributed by atoms with E-state index in [9.17, 15) is 9.59 Å². The highest BCUT2D eigenvalue weighted by Crippen LogP contribution is 2.31. The minimum absolute atomic E-state index is 0.0762. The molecule has 0 spiro atoms. The van der Waals surface area contributed by atoms with Gasteiger partial charge in [0.1, 0.15) is 0 Å². The first-order chi connectivity index (χ1) is 8.97. The van der Waals surface area contributed by atoms with E-state index in [1.807, 2.05) is 31.2 Å². The second kappa shape index (κ2) is 5.61. The van der Waals surface area contributed by atoms with Gasteiger partial charge in [-0.3, -0.25) is 9.59 Å². The van der Waals surface area contributed by atoms with Gasteiger partial charge in [0.15, 0.2) is 0 Å². The number of rotatable bonds is 4. The van der Waals surface area contributed by atoms with E-state index in [0.29, 0.717) is 6.54 Å². The van der Waals surface area contributed by atoms with E-state index < -0.39 is 12.0 Å². The highest BCUT2D eigenvalue weighted by Gasteiger charge is 2.35. The molecule has 4 nitrogen and oxygen atoms in total. The average molecular weight is 282 g/mol. The van der Waals surface area contributed by atoms with Crippen LogP contribution in [0.15, 0.2) is 24.3 Å². The molecule has 1 aliphatic heterocycles. The summed E-state index contributed by atoms with van der Waals surface area (Å²) in [5.74, 6) is -0.995. The quantitative estimate of drug-likeness (QED) is 0.862. The lowest BCUT2D eigenvalue weighted by molar-refractivity contribution is -0.139. The minimum atomic E-state index is -0.919. The van der Waals surface area contributed by atoms with Crippen molar-refractivity contribution in [1.29, 1.82) is 0 Å². The Hall–Kier alpha value is -1.55. The van der Waals surface area contributed by atoms with Crippen LogP contribution in [0, 0.1) is 6.92 Å². The van der Waals surface area contributed by atoms with Crippen LogP contribution in [-0.2, 0) is 9.59 Å². The Morgan fingerprint density at radius 1 is 1.58 bits per heavy atom. The van der Waals surface area contributed by atoms with Crippen molar-refractivity contribution in [3.05, 3.63) is 35.4 Å². The zero-order valence-corrected chi connectivity index (χ0v) is 11.4. The number of hydrogen-bond acceptors (Lipinski definition) is 2. The maximum absolute atomic E-state index is 11.9. The van der Waals surface area contributed by atoms with Gasteiger partial charge in [-0.05, 0) is 12.5 Å². The molecule has 1 heterocycles. The van der Waals surface area contributed by atoms with E-state index >= 15 is 0 Å². The molecule has 0 saturated carbocycles. The van der Waals surface area contributed by atoms with Gasteiger partial charge in [-0.15, -0.1) is 11.6 Å². The fourth-order valence-electron chi connectivity index (χ4n) is 2.44. The molecule has 1 saturated heterocycles. The Morgan fingerprint density at radius 2 is 2.32 bits per heavy atom. The van der Waals surface area contributed by atoms with E-state index in [-0.39, 0.29) is 24.1 Å². The van der Waals surface area contributed by atoms with E-state index in [4.69, 9.17) is 16.7 Å². The molecule has 5 heteroatoms. The highest BCUT2D eigenvalue weighted by atomic mass is 35.5. The monoisotopic (exact) mass is 281 g/mol. The van der Waals surface area contributed by atoms with E-state index in [1.165, 1.54) is 0 Å². The van der Waals surface area contributed by atoms with E-state index in [0.717, 1.165) is 11.1 Å². The molecule has 2 rings (SSSR count). The lowest BCUT2D eigenvalue weighted by atomic mass is 10.0. The summed E-state index contributed by atoms with van der Waals surface area (Å²) in [4.78, 5) is 24.5. The molecule has 102 valence electrons. The first kappa shape index (κ1) is 13.9. The standard InChI is InChI=1S/C14H16ClNO3/c1-9-3-2-4-10(5-9)12(7-14(18)19)16-8-11(15)6-13(16)17/h2-5,11-12H,6-8H2,1H3,(H,18,19). The van der Waals surface area contributed by atoms with Crippen molar-refractivity contribution in [3.63, 3.8) is 0 Å². The van der Waals surface area contributed by atoms with Crippen molar-refractivity contribution in [2.75, 3.05) is 6.54 Å². The van der Waals surface area contributed by atoms with Gasteiger partial charge in [0, 0.05) is 13.0 Å². The van der Waals surface area contributed by atoms with Crippen LogP contribution in [0.5, 0.6) is 0 Å². The predicted molar refractivity (Wildman–Crippen MR) is 72.1 cm³/mol. The number of alkyl halides is 1. The zero-order valence-electron chi connectivity index (χ0n) is 10.7. The Morgan fingerprint density at radius 3 is 2.84 bits per heavy atom. The predicted octanol–water partition coefficient (Wildman–Crippen LogP) is 2.35. The number of hydrogen-bond donors (Lipinski definition) is 1. The maximum Gasteiger partial charge on any atom is 0.305 e. The van der Waals surface area contributed by atoms with Crippen molar-refractivity contribution in [2.45, 2.75) is 31.2 Å². The Labute approximate surface area is 117 Å². The Kier molecular flexibility index (Phi) is 4.10. The second-order valence-electron chi connectivity index (χ2n) is 4.88. The van der Waals surface area contributed by atoms with Gasteiger partial charge < -0.3 is 10.0 Å². The molecular weight excluding hydrogens is 266 g/mol. The molecule has 0 bridgehead atoms. The summed E-state index contributed by atoms with van der Waals surface area (Å²) >= 11 is 5.99. The smallest absolute Gasteiger partial charge is 0.305 e. The number of amides is 1. The number of aryl methyl sites for hydroxylation is 1. The third kappa shape index (κ3) is 3.26. The number of benzene rings is 1. The SMILES string of the molecule is Cc1cccc(C(CC(=O)O)N2CC(Cl)CC2=O)c1. The number of carbonyl (C=O) groups is 2. The van der Waals surface area contributed by atoms with Crippen LogP contribution in [0.1, 0.15) is 30.0 Å². The molecular formula is C14H16ClNO3. The molecule has 1 amide bonds. The summed E-state index contributed by atoms with van der Waals surface area (Å²) in [5, 5.41) is 8.83. The molecule has 2 atom stereocenters. The second-order valence-corrected chi connectivity index (χ2v) is 5.49. The van der Waals surface area contributed by atoms with Gasteiger partial charge >= 0.3 is 5.97 Å². The summed E-state index contributed by atoms with van der Waals surface area (Å²) in [7, 11) is 0. The maximum atomic E-state index is 11.9. The highest BCUT2D eigenvalue weighted by molar-refractivity contribution is 6.22. The number of carboxylic acid groups (broad SMARTS) is 1. The van der Waals surface area contributed by atoms with Gasteiger partial charge in [0.2, 0.25) is 5.91 Å². The molecule has 1 fully saturated rings. The molecule has 0 radical (unpaired) electrons. The van der Waals surface area contributed by atoms with Gasteiger partial charge in [-0.25, -0.2) is 0 Å². The Balaban J connectivity index is 2.30. The molecule has 0 aromatic heterocycles. The van der Waals surface area contributed by atoms with Crippen LogP contribution in [0.25, 0.3) is 0 Å². The molecule has 0 aliphatic carbocycles. The van der Waals surface area contributed by atoms with Gasteiger partial charge in [0.05, 0.1) is 17.8 Å². The van der Waals surface area contributed by atoms with Crippen LogP contribution in [0.3, 0.4) is 0 Å². The lowest BCUT2D eigenvalue weighted by Gasteiger charge is -2.27. The number of halogens is 1. The van der Waals surface area contributed by atoms with Crippen molar-refractivity contribution in [1.82, 2.24) is 4.90 Å². The van der Waals surface area contributed by atoms with Crippen molar-refractivity contribution in [2.24, 2.45) is 0 Å². The number of nitrogens with zero attached hydrogens (tertiary/aromatic N) is 1. The topological polar surface area (TPSA) is 57.6 Å². The Bertz CT molecular complexity index is 503. The average Bonchev–Trinajstić information content (AvgIpc) is 2.65. The first-order valence-electron chi connectivity index (χ1n) is 6.19. The number of likely N-dealkylation sites (tertiary alicyclic amines) is 1. The largest absolute Gasteiger partial charge is 0.481 e. The van der Waals surface area contributed by atoms with Crippen molar-refractivity contribution in [3.8, 4) is 0 Å². The van der Waals surface area contributed by atoms with Gasteiger partial charge in [0.25, 0.3) is 0 Å². The van der Waals surface area contributed by atoms with Crippen LogP contribution < -0.4 is 0 Å². The summed E-state index contributed by atoms with van der Waals surface area (Å²) in [6, 6.07) is 7.15. The van der Waals surface area contributed by atoms with E-state index in [2.05, 4.69) is 0 Å². The molecule has 2 unspecified atom stereocenters. The summed E-state index contributed by atoms with van der Waals surface area (Å²) in [6.45, 7) is 2.35. The third-order valence-corrected chi connectivity index (χ3v) is 3.57. The number of aliphatic carboxylic acids is 1. The normalized spacial score (nSPS) is 20.6. The third-order valence-electron chi connectivity index (χ3n) is 3.28. The first-order valence-corrected chi connectivity index (χ1v) is 6.63. The van der Waals surface area contributed by atoms with Crippen molar-refractivity contribution >= 4 is 23.5 Å². The fraction of sp³-hybridized carbons (Fsp3) is 0.429. The van der Waals surface area contributed by atoms with Crippen molar-refractivity contribution < 1.29 is 14.7 Å². The van der Waals surface area contributed by atoms with E-state index in [1.54, 1.807) is 4.90 Å². The number of carboxylic acids is 1. The molecule has 1 N–H and O–H groups in total. The molecule has 19 heavy (non-hydrogen) atoms. The summed E-state index contributed by atoms with van der Waals surface area (Å²) < 4.78 is 0. The molecule has 1 aliphatic rings. The fourth-order valence-corrected chi connectivity index (χ4v) is 2.72. The lowest BCUT2D eigenvalue weighted by Crippen LogP contribution is -2.32. The van der Waals surface area contributed by atoms with Crippen LogP contribution in [0.4, 0.5) is 0 Å². The van der Waals surface area contributed by atoms with Crippen LogP contribution in [0.2, 0.25) is 0 Å². The molecule has 1 aromatic rings. The van der Waals surface area contributed by atoms with Crippen LogP contribution >= 0.6 is 11.6 Å². The number of carbonyl (C=O) groups excluding carboxylic acids is 1. The van der Waals surface area contributed by atoms with Crippen LogP contribution in [-0.4, -0.2) is 33.8 Å². The van der Waals surface area contributed by atoms with Gasteiger partial charge in [-0.1, -0.05) is 29.8 Å². The summed E-state index contributed by atoms with van der Waals surface area (Å²) in [5.41, 5.74) is 1.89. The zero-order chi connectivity index (χ0) is 14.0. The minimum Gasteiger partial charge on any atom is -0.481 e. The van der Waals surface area contributed by atoms with Gasteiger partial charge in [-0.2, -0.15) is 0 Å². The summed E-state index contributed by atoms with van der Waals surface area (Å²) in [6.07, 6.45) is 0.183.